The number of carboxylic acid groups (broad SMARTS) is 1. The Hall–Kier alpha value is -2.17. The third kappa shape index (κ3) is 3.35. The standard InChI is InChI=1S/C17H21NO4/c1-11(19)12-6-8-13(9-7-12)15(20)18-17(2)10-4-3-5-14(17)16(21)22/h6-9,14H,3-5,10H2,1-2H3,(H,18,20)(H,21,22). The van der Waals surface area contributed by atoms with E-state index in [2.05, 4.69) is 5.32 Å². The highest BCUT2D eigenvalue weighted by Crippen LogP contribution is 2.34. The van der Waals surface area contributed by atoms with Crippen molar-refractivity contribution in [2.24, 2.45) is 5.92 Å². The molecule has 0 heterocycles. The number of nitrogens with one attached hydrogen (secondary N) is 1. The molecule has 5 nitrogen and oxygen atoms in total. The molecule has 118 valence electrons. The van der Waals surface area contributed by atoms with Gasteiger partial charge >= 0.3 is 5.97 Å². The number of carbonyl (C=O) groups excluding carboxylic acids is 2. The number of hydrogen-bond acceptors (Lipinski definition) is 3. The van der Waals surface area contributed by atoms with Crippen LogP contribution in [0.3, 0.4) is 0 Å². The van der Waals surface area contributed by atoms with Gasteiger partial charge in [0.1, 0.15) is 0 Å². The molecule has 0 aliphatic heterocycles. The molecule has 0 spiro atoms. The van der Waals surface area contributed by atoms with Crippen molar-refractivity contribution in [2.75, 3.05) is 0 Å². The molecule has 1 aromatic carbocycles. The first-order valence-electron chi connectivity index (χ1n) is 7.50. The molecule has 1 amide bonds. The molecular formula is C17H21NO4. The predicted octanol–water partition coefficient (Wildman–Crippen LogP) is 2.65. The van der Waals surface area contributed by atoms with Crippen LogP contribution in [0.15, 0.2) is 24.3 Å². The molecule has 1 saturated carbocycles. The molecule has 1 fully saturated rings. The van der Waals surface area contributed by atoms with Crippen molar-refractivity contribution < 1.29 is 19.5 Å². The lowest BCUT2D eigenvalue weighted by atomic mass is 9.73. The monoisotopic (exact) mass is 303 g/mol. The summed E-state index contributed by atoms with van der Waals surface area (Å²) in [5, 5.41) is 12.3. The fraction of sp³-hybridized carbons (Fsp3) is 0.471. The molecule has 2 rings (SSSR count). The summed E-state index contributed by atoms with van der Waals surface area (Å²) >= 11 is 0. The maximum atomic E-state index is 12.4. The number of hydrogen-bond donors (Lipinski definition) is 2. The van der Waals surface area contributed by atoms with E-state index in [1.807, 2.05) is 0 Å². The molecule has 0 saturated heterocycles. The first-order chi connectivity index (χ1) is 10.3. The fourth-order valence-electron chi connectivity index (χ4n) is 3.07. The van der Waals surface area contributed by atoms with Crippen molar-refractivity contribution in [2.45, 2.75) is 45.1 Å². The Balaban J connectivity index is 2.15. The zero-order valence-corrected chi connectivity index (χ0v) is 12.9. The maximum Gasteiger partial charge on any atom is 0.308 e. The van der Waals surface area contributed by atoms with Crippen LogP contribution in [0.25, 0.3) is 0 Å². The number of aliphatic carboxylic acids is 1. The first-order valence-corrected chi connectivity index (χ1v) is 7.50. The van der Waals surface area contributed by atoms with Gasteiger partial charge in [-0.1, -0.05) is 25.0 Å². The summed E-state index contributed by atoms with van der Waals surface area (Å²) in [6, 6.07) is 6.40. The van der Waals surface area contributed by atoms with Gasteiger partial charge in [-0.05, 0) is 38.8 Å². The van der Waals surface area contributed by atoms with E-state index < -0.39 is 17.4 Å². The molecule has 0 aromatic heterocycles. The quantitative estimate of drug-likeness (QED) is 0.838. The number of Topliss-reactive ketones (excluding diaryl/α,β-unsaturated/α-hetero) is 1. The molecule has 2 unspecified atom stereocenters. The second kappa shape index (κ2) is 6.30. The third-order valence-corrected chi connectivity index (χ3v) is 4.46. The highest BCUT2D eigenvalue weighted by molar-refractivity contribution is 5.98. The van der Waals surface area contributed by atoms with Crippen molar-refractivity contribution >= 4 is 17.7 Å². The van der Waals surface area contributed by atoms with Gasteiger partial charge in [-0.2, -0.15) is 0 Å². The van der Waals surface area contributed by atoms with E-state index in [0.29, 0.717) is 24.0 Å². The third-order valence-electron chi connectivity index (χ3n) is 4.46. The Morgan fingerprint density at radius 3 is 2.27 bits per heavy atom. The normalized spacial score (nSPS) is 24.5. The van der Waals surface area contributed by atoms with Gasteiger partial charge in [-0.15, -0.1) is 0 Å². The molecule has 2 N–H and O–H groups in total. The van der Waals surface area contributed by atoms with Crippen LogP contribution in [0.4, 0.5) is 0 Å². The number of ketones is 1. The maximum absolute atomic E-state index is 12.4. The Morgan fingerprint density at radius 1 is 1.14 bits per heavy atom. The number of rotatable bonds is 4. The van der Waals surface area contributed by atoms with Crippen LogP contribution in [0, 0.1) is 5.92 Å². The molecule has 1 aromatic rings. The van der Waals surface area contributed by atoms with Crippen LogP contribution in [0.5, 0.6) is 0 Å². The number of benzene rings is 1. The van der Waals surface area contributed by atoms with E-state index in [9.17, 15) is 19.5 Å². The highest BCUT2D eigenvalue weighted by atomic mass is 16.4. The minimum atomic E-state index is -0.866. The van der Waals surface area contributed by atoms with Crippen molar-refractivity contribution in [1.29, 1.82) is 0 Å². The van der Waals surface area contributed by atoms with Gasteiger partial charge in [0, 0.05) is 11.1 Å². The van der Waals surface area contributed by atoms with Crippen LogP contribution in [-0.2, 0) is 4.79 Å². The van der Waals surface area contributed by atoms with Crippen LogP contribution in [-0.4, -0.2) is 28.3 Å². The SMILES string of the molecule is CC(=O)c1ccc(C(=O)NC2(C)CCCCC2C(=O)O)cc1. The highest BCUT2D eigenvalue weighted by Gasteiger charge is 2.42. The van der Waals surface area contributed by atoms with Crippen molar-refractivity contribution in [3.05, 3.63) is 35.4 Å². The van der Waals surface area contributed by atoms with Crippen molar-refractivity contribution in [3.63, 3.8) is 0 Å². The van der Waals surface area contributed by atoms with Gasteiger partial charge in [0.2, 0.25) is 0 Å². The topological polar surface area (TPSA) is 83.5 Å². The minimum Gasteiger partial charge on any atom is -0.481 e. The van der Waals surface area contributed by atoms with E-state index in [1.165, 1.54) is 6.92 Å². The Morgan fingerprint density at radius 2 is 1.73 bits per heavy atom. The van der Waals surface area contributed by atoms with Gasteiger partial charge < -0.3 is 10.4 Å². The summed E-state index contributed by atoms with van der Waals surface area (Å²) in [6.07, 6.45) is 3.01. The molecule has 1 aliphatic rings. The second-order valence-electron chi connectivity index (χ2n) is 6.14. The van der Waals surface area contributed by atoms with Gasteiger partial charge in [-0.25, -0.2) is 0 Å². The Labute approximate surface area is 129 Å². The van der Waals surface area contributed by atoms with Gasteiger partial charge in [0.25, 0.3) is 5.91 Å². The van der Waals surface area contributed by atoms with Crippen molar-refractivity contribution in [1.82, 2.24) is 5.32 Å². The summed E-state index contributed by atoms with van der Waals surface area (Å²) < 4.78 is 0. The summed E-state index contributed by atoms with van der Waals surface area (Å²) in [6.45, 7) is 3.27. The van der Waals surface area contributed by atoms with E-state index >= 15 is 0 Å². The van der Waals surface area contributed by atoms with Gasteiger partial charge in [-0.3, -0.25) is 14.4 Å². The van der Waals surface area contributed by atoms with Crippen molar-refractivity contribution in [3.8, 4) is 0 Å². The van der Waals surface area contributed by atoms with Crippen LogP contribution in [0.1, 0.15) is 60.2 Å². The number of carbonyl (C=O) groups is 3. The van der Waals surface area contributed by atoms with Gasteiger partial charge in [0.05, 0.1) is 11.5 Å². The summed E-state index contributed by atoms with van der Waals surface area (Å²) in [5.41, 5.74) is 0.241. The van der Waals surface area contributed by atoms with E-state index in [1.54, 1.807) is 31.2 Å². The second-order valence-corrected chi connectivity index (χ2v) is 6.14. The average molecular weight is 303 g/mol. The smallest absolute Gasteiger partial charge is 0.308 e. The fourth-order valence-corrected chi connectivity index (χ4v) is 3.07. The average Bonchev–Trinajstić information content (AvgIpc) is 2.47. The summed E-state index contributed by atoms with van der Waals surface area (Å²) in [4.78, 5) is 35.0. The summed E-state index contributed by atoms with van der Waals surface area (Å²) in [7, 11) is 0. The minimum absolute atomic E-state index is 0.0582. The number of carboxylic acids is 1. The lowest BCUT2D eigenvalue weighted by Gasteiger charge is -2.39. The molecule has 22 heavy (non-hydrogen) atoms. The molecular weight excluding hydrogens is 282 g/mol. The lowest BCUT2D eigenvalue weighted by Crippen LogP contribution is -2.55. The zero-order valence-electron chi connectivity index (χ0n) is 12.9. The Bertz CT molecular complexity index is 593. The van der Waals surface area contributed by atoms with E-state index in [0.717, 1.165) is 12.8 Å². The zero-order chi connectivity index (χ0) is 16.3. The molecule has 0 radical (unpaired) electrons. The van der Waals surface area contributed by atoms with Crippen LogP contribution in [0.2, 0.25) is 0 Å². The Kier molecular flexibility index (Phi) is 4.64. The molecule has 5 heteroatoms. The van der Waals surface area contributed by atoms with E-state index in [4.69, 9.17) is 0 Å². The molecule has 2 atom stereocenters. The van der Waals surface area contributed by atoms with Gasteiger partial charge in [0.15, 0.2) is 5.78 Å². The lowest BCUT2D eigenvalue weighted by molar-refractivity contribution is -0.145. The largest absolute Gasteiger partial charge is 0.481 e. The van der Waals surface area contributed by atoms with E-state index in [-0.39, 0.29) is 11.7 Å². The summed E-state index contributed by atoms with van der Waals surface area (Å²) in [5.74, 6) is -1.79. The van der Waals surface area contributed by atoms with Crippen LogP contribution < -0.4 is 5.32 Å². The van der Waals surface area contributed by atoms with Crippen LogP contribution >= 0.6 is 0 Å². The molecule has 0 bridgehead atoms. The first kappa shape index (κ1) is 16.2. The predicted molar refractivity (Wildman–Crippen MR) is 81.9 cm³/mol. The molecule has 1 aliphatic carbocycles. The number of amides is 1.